The summed E-state index contributed by atoms with van der Waals surface area (Å²) in [5, 5.41) is 0. The van der Waals surface area contributed by atoms with Gasteiger partial charge in [-0.1, -0.05) is 12.1 Å². The molecule has 0 aliphatic carbocycles. The fourth-order valence-electron chi connectivity index (χ4n) is 3.22. The van der Waals surface area contributed by atoms with Gasteiger partial charge < -0.3 is 9.64 Å². The first-order chi connectivity index (χ1) is 13.5. The number of alkyl halides is 3. The van der Waals surface area contributed by atoms with Gasteiger partial charge in [-0.3, -0.25) is 4.57 Å². The van der Waals surface area contributed by atoms with E-state index in [9.17, 15) is 13.2 Å². The van der Waals surface area contributed by atoms with E-state index in [1.807, 2.05) is 28.8 Å². The molecule has 1 aromatic heterocycles. The van der Waals surface area contributed by atoms with E-state index in [0.29, 0.717) is 11.5 Å². The van der Waals surface area contributed by atoms with E-state index in [4.69, 9.17) is 4.74 Å². The first-order valence-electron chi connectivity index (χ1n) is 8.59. The van der Waals surface area contributed by atoms with Crippen LogP contribution in [0.25, 0.3) is 11.0 Å². The maximum absolute atomic E-state index is 12.9. The number of fused-ring (bicyclic) bond motifs is 1. The van der Waals surface area contributed by atoms with Gasteiger partial charge in [0.1, 0.15) is 12.4 Å². The highest BCUT2D eigenvalue weighted by Gasteiger charge is 2.31. The molecule has 1 unspecified atom stereocenters. The van der Waals surface area contributed by atoms with Crippen LogP contribution < -0.4 is 4.90 Å². The maximum atomic E-state index is 12.9. The van der Waals surface area contributed by atoms with Gasteiger partial charge in [0.25, 0.3) is 0 Å². The van der Waals surface area contributed by atoms with Crippen molar-refractivity contribution in [3.05, 3.63) is 72.2 Å². The zero-order valence-electron chi connectivity index (χ0n) is 15.0. The van der Waals surface area contributed by atoms with Crippen LogP contribution in [0.4, 0.5) is 18.9 Å². The molecule has 1 atom stereocenters. The number of hydrogen-bond acceptors (Lipinski definition) is 4. The number of benzene rings is 2. The van der Waals surface area contributed by atoms with Crippen molar-refractivity contribution in [3.8, 4) is 0 Å². The highest BCUT2D eigenvalue weighted by molar-refractivity contribution is 5.78. The van der Waals surface area contributed by atoms with Gasteiger partial charge in [0.05, 0.1) is 16.6 Å². The van der Waals surface area contributed by atoms with Crippen molar-refractivity contribution < 1.29 is 17.9 Å². The smallest absolute Gasteiger partial charge is 0.377 e. The summed E-state index contributed by atoms with van der Waals surface area (Å²) in [5.41, 5.74) is 1.56. The molecule has 0 spiro atoms. The number of halogens is 3. The third-order valence-electron chi connectivity index (χ3n) is 4.47. The van der Waals surface area contributed by atoms with Crippen LogP contribution in [-0.2, 0) is 17.5 Å². The van der Waals surface area contributed by atoms with Gasteiger partial charge in [-0.05, 0) is 42.5 Å². The molecule has 28 heavy (non-hydrogen) atoms. The number of anilines is 1. The Morgan fingerprint density at radius 2 is 1.82 bits per heavy atom. The molecule has 1 aliphatic heterocycles. The molecule has 0 saturated heterocycles. The number of allylic oxidation sites excluding steroid dienone is 1. The molecule has 144 valence electrons. The van der Waals surface area contributed by atoms with Crippen molar-refractivity contribution in [3.63, 3.8) is 0 Å². The molecule has 0 saturated carbocycles. The predicted molar refractivity (Wildman–Crippen MR) is 101 cm³/mol. The Bertz CT molecular complexity index is 1040. The molecule has 0 amide bonds. The summed E-state index contributed by atoms with van der Waals surface area (Å²) in [6.45, 7) is 0.283. The minimum atomic E-state index is -4.37. The van der Waals surface area contributed by atoms with Crippen LogP contribution in [0.3, 0.4) is 0 Å². The van der Waals surface area contributed by atoms with Gasteiger partial charge in [0.15, 0.2) is 0 Å². The van der Waals surface area contributed by atoms with Crippen molar-refractivity contribution in [1.82, 2.24) is 9.55 Å². The number of methoxy groups -OCH3 is 1. The SMILES string of the molecule is COCc1nc2ccccc2n1C1N=CC=CN1c1ccc(C(F)(F)F)cc1. The van der Waals surface area contributed by atoms with Gasteiger partial charge in [-0.25, -0.2) is 9.98 Å². The van der Waals surface area contributed by atoms with Crippen LogP contribution in [0.1, 0.15) is 17.7 Å². The van der Waals surface area contributed by atoms with Crippen LogP contribution >= 0.6 is 0 Å². The quantitative estimate of drug-likeness (QED) is 0.649. The van der Waals surface area contributed by atoms with Crippen LogP contribution in [0.5, 0.6) is 0 Å². The number of rotatable bonds is 4. The van der Waals surface area contributed by atoms with Crippen molar-refractivity contribution in [2.24, 2.45) is 4.99 Å². The molecular weight excluding hydrogens is 369 g/mol. The first-order valence-corrected chi connectivity index (χ1v) is 8.59. The summed E-state index contributed by atoms with van der Waals surface area (Å²) >= 11 is 0. The lowest BCUT2D eigenvalue weighted by Gasteiger charge is -2.31. The van der Waals surface area contributed by atoms with Crippen molar-refractivity contribution in [1.29, 1.82) is 0 Å². The van der Waals surface area contributed by atoms with E-state index >= 15 is 0 Å². The summed E-state index contributed by atoms with van der Waals surface area (Å²) in [4.78, 5) is 11.0. The van der Waals surface area contributed by atoms with Crippen LogP contribution in [-0.4, -0.2) is 22.9 Å². The Morgan fingerprint density at radius 3 is 2.54 bits per heavy atom. The highest BCUT2D eigenvalue weighted by atomic mass is 19.4. The molecule has 1 aliphatic rings. The monoisotopic (exact) mass is 386 g/mol. The standard InChI is InChI=1S/C20H17F3N4O/c1-28-13-18-25-16-5-2-3-6-17(16)27(18)19-24-11-4-12-26(19)15-9-7-14(8-10-15)20(21,22)23/h2-12,19H,13H2,1H3. The Morgan fingerprint density at radius 1 is 1.07 bits per heavy atom. The fourth-order valence-corrected chi connectivity index (χ4v) is 3.22. The zero-order valence-corrected chi connectivity index (χ0v) is 15.0. The lowest BCUT2D eigenvalue weighted by atomic mass is 10.2. The summed E-state index contributed by atoms with van der Waals surface area (Å²) < 4.78 is 45.9. The second kappa shape index (κ2) is 7.12. The second-order valence-corrected chi connectivity index (χ2v) is 6.26. The molecular formula is C20H17F3N4O. The van der Waals surface area contributed by atoms with E-state index in [2.05, 4.69) is 9.98 Å². The van der Waals surface area contributed by atoms with E-state index in [1.165, 1.54) is 12.1 Å². The van der Waals surface area contributed by atoms with Crippen LogP contribution in [0, 0.1) is 0 Å². The van der Waals surface area contributed by atoms with Crippen LogP contribution in [0.2, 0.25) is 0 Å². The molecule has 0 radical (unpaired) electrons. The van der Waals surface area contributed by atoms with Crippen molar-refractivity contribution >= 4 is 22.9 Å². The second-order valence-electron chi connectivity index (χ2n) is 6.26. The third kappa shape index (κ3) is 3.27. The van der Waals surface area contributed by atoms with E-state index in [1.54, 1.807) is 30.5 Å². The third-order valence-corrected chi connectivity index (χ3v) is 4.47. The Kier molecular flexibility index (Phi) is 4.64. The Balaban J connectivity index is 1.79. The number of aromatic nitrogens is 2. The number of hydrogen-bond donors (Lipinski definition) is 0. The number of para-hydroxylation sites is 2. The molecule has 0 bridgehead atoms. The fraction of sp³-hybridized carbons (Fsp3) is 0.200. The highest BCUT2D eigenvalue weighted by Crippen LogP contribution is 2.34. The van der Waals surface area contributed by atoms with Crippen molar-refractivity contribution in [2.75, 3.05) is 12.0 Å². The summed E-state index contributed by atoms with van der Waals surface area (Å²) in [5.74, 6) is 0.679. The lowest BCUT2D eigenvalue weighted by molar-refractivity contribution is -0.137. The Hall–Kier alpha value is -3.13. The maximum Gasteiger partial charge on any atom is 0.416 e. The van der Waals surface area contributed by atoms with Gasteiger partial charge in [-0.2, -0.15) is 13.2 Å². The number of nitrogens with zero attached hydrogens (tertiary/aromatic N) is 4. The van der Waals surface area contributed by atoms with Gasteiger partial charge in [0.2, 0.25) is 6.29 Å². The molecule has 2 aromatic carbocycles. The minimum absolute atomic E-state index is 0.283. The molecule has 0 N–H and O–H groups in total. The number of ether oxygens (including phenoxy) is 1. The normalized spacial score (nSPS) is 16.9. The first kappa shape index (κ1) is 18.2. The van der Waals surface area contributed by atoms with E-state index in [-0.39, 0.29) is 6.61 Å². The van der Waals surface area contributed by atoms with E-state index in [0.717, 1.165) is 23.2 Å². The lowest BCUT2D eigenvalue weighted by Crippen LogP contribution is -2.30. The van der Waals surface area contributed by atoms with Gasteiger partial charge in [0, 0.05) is 25.2 Å². The molecule has 5 nitrogen and oxygen atoms in total. The number of imidazole rings is 1. The average Bonchev–Trinajstić information content (AvgIpc) is 3.05. The summed E-state index contributed by atoms with van der Waals surface area (Å²) in [7, 11) is 1.58. The number of aliphatic imine (C=N–C) groups is 1. The Labute approximate surface area is 159 Å². The van der Waals surface area contributed by atoms with Gasteiger partial charge >= 0.3 is 6.18 Å². The predicted octanol–water partition coefficient (Wildman–Crippen LogP) is 4.76. The zero-order chi connectivity index (χ0) is 19.7. The summed E-state index contributed by atoms with van der Waals surface area (Å²) in [6.07, 6.45) is 0.283. The van der Waals surface area contributed by atoms with Crippen LogP contribution in [0.15, 0.2) is 65.8 Å². The average molecular weight is 386 g/mol. The molecule has 0 fully saturated rings. The molecule has 8 heteroatoms. The largest absolute Gasteiger partial charge is 0.416 e. The van der Waals surface area contributed by atoms with E-state index < -0.39 is 18.0 Å². The van der Waals surface area contributed by atoms with Gasteiger partial charge in [-0.15, -0.1) is 0 Å². The minimum Gasteiger partial charge on any atom is -0.377 e. The topological polar surface area (TPSA) is 42.6 Å². The van der Waals surface area contributed by atoms with Crippen molar-refractivity contribution in [2.45, 2.75) is 19.1 Å². The molecule has 3 aromatic rings. The molecule has 4 rings (SSSR count). The summed E-state index contributed by atoms with van der Waals surface area (Å²) in [6, 6.07) is 12.7. The molecule has 2 heterocycles.